The van der Waals surface area contributed by atoms with Gasteiger partial charge < -0.3 is 15.2 Å². The number of aliphatic hydroxyl groups is 1. The van der Waals surface area contributed by atoms with Gasteiger partial charge in [0.25, 0.3) is 0 Å². The maximum Gasteiger partial charge on any atom is 0.0765 e. The topological polar surface area (TPSA) is 41.5 Å². The van der Waals surface area contributed by atoms with Gasteiger partial charge in [-0.05, 0) is 100 Å². The minimum Gasteiger partial charge on any atom is -0.393 e. The maximum absolute atomic E-state index is 10.3. The van der Waals surface area contributed by atoms with Gasteiger partial charge in [-0.1, -0.05) is 43.6 Å². The van der Waals surface area contributed by atoms with E-state index in [0.29, 0.717) is 23.5 Å². The predicted octanol–water partition coefficient (Wildman–Crippen LogP) is 5.39. The second-order valence-corrected chi connectivity index (χ2v) is 12.7. The number of piperidine rings is 1. The fraction of sp³-hybridized carbons (Fsp3) is 0.857. The van der Waals surface area contributed by atoms with Gasteiger partial charge >= 0.3 is 0 Å². The Morgan fingerprint density at radius 2 is 2.00 bits per heavy atom. The Bertz CT molecular complexity index is 816. The Balaban J connectivity index is 1.28. The fourth-order valence-corrected chi connectivity index (χ4v) is 9.21. The lowest BCUT2D eigenvalue weighted by atomic mass is 9.56. The third kappa shape index (κ3) is 3.02. The average molecular weight is 426 g/mol. The van der Waals surface area contributed by atoms with Gasteiger partial charge in [-0.2, -0.15) is 0 Å². The Morgan fingerprint density at radius 3 is 2.84 bits per heavy atom. The zero-order chi connectivity index (χ0) is 21.5. The standard InChI is InChI=1S/C28H43NO2/c1-16-11-25-26(29-15-16)18(3)28(31-25)10-8-21-22-6-5-19-12-20(30)7-9-27(19,4)24(22)13-23(21)17(2)14-28/h5,16,18,20-22,24-26,29-30H,6-15H2,1-4H3/t16-,18+,20-,21-,22?,24-,25+,26-,27?,28-/m0/s1. The molecule has 10 atom stereocenters. The monoisotopic (exact) mass is 425 g/mol. The second kappa shape index (κ2) is 7.18. The van der Waals surface area contributed by atoms with E-state index in [1.807, 2.05) is 0 Å². The number of fused-ring (bicyclic) bond motifs is 6. The smallest absolute Gasteiger partial charge is 0.0765 e. The van der Waals surface area contributed by atoms with Crippen molar-refractivity contribution in [2.24, 2.45) is 35.0 Å². The van der Waals surface area contributed by atoms with E-state index in [1.165, 1.54) is 38.5 Å². The molecule has 31 heavy (non-hydrogen) atoms. The van der Waals surface area contributed by atoms with Crippen molar-refractivity contribution in [1.29, 1.82) is 0 Å². The summed E-state index contributed by atoms with van der Waals surface area (Å²) in [5, 5.41) is 14.1. The van der Waals surface area contributed by atoms with Gasteiger partial charge in [0.05, 0.1) is 17.8 Å². The first-order valence-electron chi connectivity index (χ1n) is 13.3. The van der Waals surface area contributed by atoms with Crippen LogP contribution in [0.1, 0.15) is 85.5 Å². The van der Waals surface area contributed by atoms with Crippen molar-refractivity contribution >= 4 is 0 Å². The molecule has 3 heteroatoms. The number of nitrogens with one attached hydrogen (secondary N) is 1. The number of allylic oxidation sites excluding steroid dienone is 2. The predicted molar refractivity (Wildman–Crippen MR) is 125 cm³/mol. The van der Waals surface area contributed by atoms with Crippen LogP contribution in [0.2, 0.25) is 0 Å². The fourth-order valence-electron chi connectivity index (χ4n) is 9.21. The molecule has 0 bridgehead atoms. The van der Waals surface area contributed by atoms with E-state index in [2.05, 4.69) is 39.1 Å². The van der Waals surface area contributed by atoms with Gasteiger partial charge in [0.2, 0.25) is 0 Å². The van der Waals surface area contributed by atoms with E-state index in [0.717, 1.165) is 49.5 Å². The number of ether oxygens (including phenoxy) is 1. The maximum atomic E-state index is 10.3. The van der Waals surface area contributed by atoms with E-state index in [4.69, 9.17) is 4.74 Å². The highest BCUT2D eigenvalue weighted by Crippen LogP contribution is 2.63. The molecule has 0 aromatic rings. The second-order valence-electron chi connectivity index (χ2n) is 12.7. The number of hydrogen-bond acceptors (Lipinski definition) is 3. The Hall–Kier alpha value is -0.640. The molecule has 0 radical (unpaired) electrons. The van der Waals surface area contributed by atoms with Gasteiger partial charge in [0, 0.05) is 12.0 Å². The molecule has 2 aliphatic heterocycles. The van der Waals surface area contributed by atoms with Crippen molar-refractivity contribution in [2.75, 3.05) is 6.54 Å². The average Bonchev–Trinajstić information content (AvgIpc) is 3.19. The molecular weight excluding hydrogens is 382 g/mol. The molecule has 0 aromatic heterocycles. The minimum atomic E-state index is -0.107. The molecule has 2 heterocycles. The summed E-state index contributed by atoms with van der Waals surface area (Å²) in [4.78, 5) is 0. The molecule has 3 nitrogen and oxygen atoms in total. The molecule has 6 rings (SSSR count). The summed E-state index contributed by atoms with van der Waals surface area (Å²) in [6.07, 6.45) is 13.4. The first-order valence-corrected chi connectivity index (χ1v) is 13.3. The summed E-state index contributed by atoms with van der Waals surface area (Å²) >= 11 is 0. The van der Waals surface area contributed by atoms with Crippen LogP contribution < -0.4 is 5.32 Å². The molecule has 0 aromatic carbocycles. The highest BCUT2D eigenvalue weighted by molar-refractivity contribution is 5.33. The van der Waals surface area contributed by atoms with Crippen molar-refractivity contribution in [1.82, 2.24) is 5.32 Å². The van der Waals surface area contributed by atoms with Gasteiger partial charge in [0.15, 0.2) is 0 Å². The normalized spacial score (nSPS) is 54.0. The van der Waals surface area contributed by atoms with Crippen molar-refractivity contribution in [3.8, 4) is 0 Å². The Kier molecular flexibility index (Phi) is 4.85. The van der Waals surface area contributed by atoms with Crippen LogP contribution in [0.4, 0.5) is 0 Å². The van der Waals surface area contributed by atoms with Gasteiger partial charge in [-0.3, -0.25) is 0 Å². The SMILES string of the molecule is CC1=C2C[C@H]3C(CC=C4C[C@@H](O)CCC43C)[C@@H]2CC[C@@]2(C1)O[C@@H]1C[C@H](C)CN[C@H]1[C@H]2C. The molecule has 172 valence electrons. The molecule has 1 spiro atoms. The van der Waals surface area contributed by atoms with Gasteiger partial charge in [-0.15, -0.1) is 0 Å². The molecule has 2 saturated heterocycles. The summed E-state index contributed by atoms with van der Waals surface area (Å²) in [5.41, 5.74) is 5.43. The van der Waals surface area contributed by atoms with Crippen LogP contribution in [0.3, 0.4) is 0 Å². The van der Waals surface area contributed by atoms with Crippen molar-refractivity contribution in [2.45, 2.75) is 109 Å². The lowest BCUT2D eigenvalue weighted by Crippen LogP contribution is -2.48. The van der Waals surface area contributed by atoms with Gasteiger partial charge in [0.1, 0.15) is 0 Å². The number of hydrogen-bond donors (Lipinski definition) is 2. The van der Waals surface area contributed by atoms with E-state index >= 15 is 0 Å². The molecule has 2 unspecified atom stereocenters. The molecular formula is C28H43NO2. The molecule has 4 fully saturated rings. The molecule has 2 N–H and O–H groups in total. The summed E-state index contributed by atoms with van der Waals surface area (Å²) in [7, 11) is 0. The van der Waals surface area contributed by atoms with E-state index in [1.54, 1.807) is 16.7 Å². The van der Waals surface area contributed by atoms with E-state index < -0.39 is 0 Å². The molecule has 0 amide bonds. The van der Waals surface area contributed by atoms with Crippen molar-refractivity contribution in [3.63, 3.8) is 0 Å². The molecule has 2 saturated carbocycles. The summed E-state index contributed by atoms with van der Waals surface area (Å²) in [6.45, 7) is 11.0. The lowest BCUT2D eigenvalue weighted by Gasteiger charge is -2.49. The van der Waals surface area contributed by atoms with Crippen LogP contribution in [0.25, 0.3) is 0 Å². The summed E-state index contributed by atoms with van der Waals surface area (Å²) in [5.74, 6) is 3.69. The zero-order valence-corrected chi connectivity index (χ0v) is 20.1. The van der Waals surface area contributed by atoms with Crippen LogP contribution >= 0.6 is 0 Å². The Labute approximate surface area is 189 Å². The minimum absolute atomic E-state index is 0.0534. The quantitative estimate of drug-likeness (QED) is 0.511. The number of aliphatic hydroxyl groups excluding tert-OH is 1. The van der Waals surface area contributed by atoms with Crippen LogP contribution in [0.5, 0.6) is 0 Å². The van der Waals surface area contributed by atoms with Gasteiger partial charge in [-0.25, -0.2) is 0 Å². The first kappa shape index (κ1) is 20.9. The highest BCUT2D eigenvalue weighted by atomic mass is 16.5. The van der Waals surface area contributed by atoms with Crippen molar-refractivity contribution < 1.29 is 9.84 Å². The zero-order valence-electron chi connectivity index (χ0n) is 20.1. The highest BCUT2D eigenvalue weighted by Gasteiger charge is 2.58. The van der Waals surface area contributed by atoms with Crippen LogP contribution in [0.15, 0.2) is 22.8 Å². The van der Waals surface area contributed by atoms with Crippen LogP contribution in [-0.2, 0) is 4.74 Å². The van der Waals surface area contributed by atoms with E-state index in [9.17, 15) is 5.11 Å². The third-order valence-electron chi connectivity index (χ3n) is 11.0. The molecule has 4 aliphatic carbocycles. The van der Waals surface area contributed by atoms with Crippen LogP contribution in [0, 0.1) is 35.0 Å². The number of rotatable bonds is 0. The van der Waals surface area contributed by atoms with E-state index in [-0.39, 0.29) is 11.7 Å². The lowest BCUT2D eigenvalue weighted by molar-refractivity contribution is -0.0720. The van der Waals surface area contributed by atoms with Crippen LogP contribution in [-0.4, -0.2) is 35.5 Å². The summed E-state index contributed by atoms with van der Waals surface area (Å²) in [6, 6.07) is 0.549. The largest absolute Gasteiger partial charge is 0.393 e. The third-order valence-corrected chi connectivity index (χ3v) is 11.0. The summed E-state index contributed by atoms with van der Waals surface area (Å²) < 4.78 is 7.01. The Morgan fingerprint density at radius 1 is 1.16 bits per heavy atom. The van der Waals surface area contributed by atoms with Crippen molar-refractivity contribution in [3.05, 3.63) is 22.8 Å². The first-order chi connectivity index (χ1) is 14.8. The molecule has 6 aliphatic rings.